The Morgan fingerprint density at radius 3 is 2.14 bits per heavy atom. The lowest BCUT2D eigenvalue weighted by atomic mass is 9.82. The quantitative estimate of drug-likeness (QED) is 0.390. The number of rotatable bonds is 1. The minimum absolute atomic E-state index is 0.135. The van der Waals surface area contributed by atoms with Crippen molar-refractivity contribution in [1.29, 1.82) is 0 Å². The van der Waals surface area contributed by atoms with Crippen molar-refractivity contribution in [2.24, 2.45) is 0 Å². The molecule has 0 spiro atoms. The number of hydrogen-bond acceptors (Lipinski definition) is 3. The molecule has 0 saturated heterocycles. The maximum Gasteiger partial charge on any atom is 0.281 e. The molecular formula is C17H9NO3. The summed E-state index contributed by atoms with van der Waals surface area (Å²) in [5.41, 5.74) is 2.10. The number of carbonyl (C=O) groups is 1. The highest BCUT2D eigenvalue weighted by molar-refractivity contribution is 6.27. The number of nitro groups is 1. The van der Waals surface area contributed by atoms with E-state index in [2.05, 4.69) is 0 Å². The van der Waals surface area contributed by atoms with E-state index in [-0.39, 0.29) is 17.0 Å². The van der Waals surface area contributed by atoms with Gasteiger partial charge in [-0.25, -0.2) is 0 Å². The minimum Gasteiger partial charge on any atom is -0.288 e. The van der Waals surface area contributed by atoms with Crippen molar-refractivity contribution in [3.8, 4) is 11.1 Å². The Kier molecular flexibility index (Phi) is 2.24. The molecule has 100 valence electrons. The molecule has 0 atom stereocenters. The molecule has 4 heteroatoms. The maximum atomic E-state index is 12.7. The largest absolute Gasteiger partial charge is 0.288 e. The molecule has 0 unspecified atom stereocenters. The summed E-state index contributed by atoms with van der Waals surface area (Å²) in [7, 11) is 0. The molecule has 1 aliphatic carbocycles. The fraction of sp³-hybridized carbons (Fsp3) is 0. The summed E-state index contributed by atoms with van der Waals surface area (Å²) < 4.78 is 0. The number of benzene rings is 3. The lowest BCUT2D eigenvalue weighted by molar-refractivity contribution is -0.385. The lowest BCUT2D eigenvalue weighted by Crippen LogP contribution is -2.12. The first-order chi connectivity index (χ1) is 10.2. The third-order valence-electron chi connectivity index (χ3n) is 3.91. The number of hydrogen-bond donors (Lipinski definition) is 0. The van der Waals surface area contributed by atoms with Crippen LogP contribution in [0.1, 0.15) is 15.9 Å². The predicted octanol–water partition coefficient (Wildman–Crippen LogP) is 3.96. The standard InChI is InChI=1S/C17H9NO3/c19-17-13-8-2-5-10-4-1-6-11(15(10)13)12-7-3-9-14(16(12)17)18(20)21/h1-9H. The first-order valence-electron chi connectivity index (χ1n) is 6.52. The second kappa shape index (κ2) is 3.99. The summed E-state index contributed by atoms with van der Waals surface area (Å²) in [5.74, 6) is -0.276. The van der Waals surface area contributed by atoms with Crippen LogP contribution in [0.3, 0.4) is 0 Å². The summed E-state index contributed by atoms with van der Waals surface area (Å²) >= 11 is 0. The molecule has 0 saturated carbocycles. The van der Waals surface area contributed by atoms with Crippen LogP contribution in [0.5, 0.6) is 0 Å². The molecule has 4 nitrogen and oxygen atoms in total. The topological polar surface area (TPSA) is 60.2 Å². The highest BCUT2D eigenvalue weighted by atomic mass is 16.6. The van der Waals surface area contributed by atoms with E-state index in [9.17, 15) is 14.9 Å². The molecule has 21 heavy (non-hydrogen) atoms. The van der Waals surface area contributed by atoms with Crippen LogP contribution in [-0.2, 0) is 0 Å². The average Bonchev–Trinajstić information content (AvgIpc) is 2.51. The van der Waals surface area contributed by atoms with E-state index in [4.69, 9.17) is 0 Å². The van der Waals surface area contributed by atoms with Gasteiger partial charge >= 0.3 is 0 Å². The number of nitro benzene ring substituents is 1. The Labute approximate surface area is 119 Å². The molecule has 3 aromatic carbocycles. The summed E-state index contributed by atoms with van der Waals surface area (Å²) in [6.07, 6.45) is 0. The molecule has 0 heterocycles. The Bertz CT molecular complexity index is 939. The maximum absolute atomic E-state index is 12.7. The van der Waals surface area contributed by atoms with Crippen molar-refractivity contribution in [2.45, 2.75) is 0 Å². The molecule has 0 bridgehead atoms. The monoisotopic (exact) mass is 275 g/mol. The highest BCUT2D eigenvalue weighted by Gasteiger charge is 2.31. The van der Waals surface area contributed by atoms with Gasteiger partial charge in [0.15, 0.2) is 0 Å². The highest BCUT2D eigenvalue weighted by Crippen LogP contribution is 2.42. The molecule has 0 fully saturated rings. The second-order valence-electron chi connectivity index (χ2n) is 5.00. The molecule has 0 aliphatic heterocycles. The normalized spacial score (nSPS) is 12.3. The van der Waals surface area contributed by atoms with Gasteiger partial charge in [-0.3, -0.25) is 14.9 Å². The van der Waals surface area contributed by atoms with Gasteiger partial charge in [0.25, 0.3) is 5.69 Å². The average molecular weight is 275 g/mol. The summed E-state index contributed by atoms with van der Waals surface area (Å²) in [6.45, 7) is 0. The Balaban J connectivity index is 2.22. The van der Waals surface area contributed by atoms with Gasteiger partial charge in [-0.15, -0.1) is 0 Å². The van der Waals surface area contributed by atoms with Gasteiger partial charge in [-0.05, 0) is 10.9 Å². The zero-order valence-corrected chi connectivity index (χ0v) is 10.9. The Morgan fingerprint density at radius 1 is 0.810 bits per heavy atom. The predicted molar refractivity (Wildman–Crippen MR) is 79.5 cm³/mol. The van der Waals surface area contributed by atoms with Crippen LogP contribution < -0.4 is 0 Å². The summed E-state index contributed by atoms with van der Waals surface area (Å²) in [5, 5.41) is 13.1. The lowest BCUT2D eigenvalue weighted by Gasteiger charge is -2.19. The first kappa shape index (κ1) is 11.8. The van der Waals surface area contributed by atoms with E-state index < -0.39 is 4.92 Å². The zero-order valence-electron chi connectivity index (χ0n) is 10.9. The van der Waals surface area contributed by atoms with Gasteiger partial charge in [-0.2, -0.15) is 0 Å². The van der Waals surface area contributed by atoms with Crippen molar-refractivity contribution >= 4 is 22.2 Å². The molecule has 1 aliphatic rings. The smallest absolute Gasteiger partial charge is 0.281 e. The molecule has 0 radical (unpaired) electrons. The molecule has 0 amide bonds. The second-order valence-corrected chi connectivity index (χ2v) is 5.00. The van der Waals surface area contributed by atoms with Crippen LogP contribution in [0.25, 0.3) is 21.9 Å². The van der Waals surface area contributed by atoms with Crippen molar-refractivity contribution in [2.75, 3.05) is 0 Å². The van der Waals surface area contributed by atoms with Gasteiger partial charge in [0.1, 0.15) is 5.56 Å². The summed E-state index contributed by atoms with van der Waals surface area (Å²) in [6, 6.07) is 16.0. The van der Waals surface area contributed by atoms with Crippen LogP contribution in [0.4, 0.5) is 5.69 Å². The van der Waals surface area contributed by atoms with Crippen molar-refractivity contribution < 1.29 is 9.72 Å². The Morgan fingerprint density at radius 2 is 1.43 bits per heavy atom. The minimum atomic E-state index is -0.495. The van der Waals surface area contributed by atoms with Crippen LogP contribution in [0, 0.1) is 10.1 Å². The van der Waals surface area contributed by atoms with Gasteiger partial charge < -0.3 is 0 Å². The van der Waals surface area contributed by atoms with Crippen molar-refractivity contribution in [3.05, 3.63) is 75.8 Å². The number of nitrogens with zero attached hydrogens (tertiary/aromatic N) is 1. The SMILES string of the molecule is O=C1c2c(cccc2[N+](=O)[O-])-c2cccc3cccc1c23. The van der Waals surface area contributed by atoms with Crippen molar-refractivity contribution in [1.82, 2.24) is 0 Å². The molecule has 0 aromatic heterocycles. The van der Waals surface area contributed by atoms with Gasteiger partial charge in [0.05, 0.1) is 4.92 Å². The fourth-order valence-corrected chi connectivity index (χ4v) is 3.04. The molecule has 3 aromatic rings. The number of fused-ring (bicyclic) bond motifs is 2. The Hall–Kier alpha value is -3.01. The zero-order chi connectivity index (χ0) is 14.6. The fourth-order valence-electron chi connectivity index (χ4n) is 3.04. The number of carbonyl (C=O) groups excluding carboxylic acids is 1. The van der Waals surface area contributed by atoms with Gasteiger partial charge in [-0.1, -0.05) is 48.5 Å². The van der Waals surface area contributed by atoms with Crippen molar-refractivity contribution in [3.63, 3.8) is 0 Å². The first-order valence-corrected chi connectivity index (χ1v) is 6.52. The third kappa shape index (κ3) is 1.47. The van der Waals surface area contributed by atoms with Crippen LogP contribution in [0.2, 0.25) is 0 Å². The summed E-state index contributed by atoms with van der Waals surface area (Å²) in [4.78, 5) is 23.4. The van der Waals surface area contributed by atoms with E-state index in [0.717, 1.165) is 16.3 Å². The van der Waals surface area contributed by atoms with E-state index in [0.29, 0.717) is 11.1 Å². The van der Waals surface area contributed by atoms with Gasteiger partial charge in [0, 0.05) is 22.6 Å². The van der Waals surface area contributed by atoms with Crippen LogP contribution in [-0.4, -0.2) is 10.7 Å². The number of ketones is 1. The molecule has 0 N–H and O–H groups in total. The van der Waals surface area contributed by atoms with E-state index >= 15 is 0 Å². The van der Waals surface area contributed by atoms with E-state index in [1.807, 2.05) is 24.3 Å². The molecular weight excluding hydrogens is 266 g/mol. The van der Waals surface area contributed by atoms with Gasteiger partial charge in [0.2, 0.25) is 5.78 Å². The molecule has 4 rings (SSSR count). The van der Waals surface area contributed by atoms with E-state index in [1.54, 1.807) is 24.3 Å². The van der Waals surface area contributed by atoms with E-state index in [1.165, 1.54) is 6.07 Å². The van der Waals surface area contributed by atoms with Crippen LogP contribution >= 0.6 is 0 Å². The third-order valence-corrected chi connectivity index (χ3v) is 3.91. The van der Waals surface area contributed by atoms with Crippen LogP contribution in [0.15, 0.2) is 54.6 Å².